The molecule has 0 aromatic rings. The average molecular weight is 439 g/mol. The van der Waals surface area contributed by atoms with Crippen LogP contribution in [0.5, 0.6) is 0 Å². The molecule has 13 nitrogen and oxygen atoms in total. The van der Waals surface area contributed by atoms with Crippen molar-refractivity contribution in [3.63, 3.8) is 0 Å². The van der Waals surface area contributed by atoms with E-state index in [-0.39, 0.29) is 0 Å². The highest BCUT2D eigenvalue weighted by Gasteiger charge is 2.59. The largest absolute Gasteiger partial charge is 0.459 e. The lowest BCUT2D eigenvalue weighted by Crippen LogP contribution is -2.63. The van der Waals surface area contributed by atoms with Gasteiger partial charge >= 0.3 is 5.97 Å². The number of hydrogen-bond acceptors (Lipinski definition) is 13. The molecule has 3 heterocycles. The number of aliphatic hydroxyl groups is 7. The molecule has 3 fully saturated rings. The molecule has 0 unspecified atom stereocenters. The van der Waals surface area contributed by atoms with Crippen LogP contribution in [0.2, 0.25) is 0 Å². The van der Waals surface area contributed by atoms with E-state index >= 15 is 0 Å². The third kappa shape index (κ3) is 4.47. The van der Waals surface area contributed by atoms with Crippen molar-refractivity contribution in [1.82, 2.24) is 5.32 Å². The highest BCUT2D eigenvalue weighted by molar-refractivity contribution is 5.76. The maximum atomic E-state index is 12.3. The molecule has 3 aliphatic heterocycles. The lowest BCUT2D eigenvalue weighted by Gasteiger charge is -2.43. The van der Waals surface area contributed by atoms with Crippen molar-refractivity contribution in [2.75, 3.05) is 26.4 Å². The molecule has 3 saturated heterocycles. The molecule has 0 radical (unpaired) electrons. The Morgan fingerprint density at radius 3 is 2.27 bits per heavy atom. The van der Waals surface area contributed by atoms with Crippen molar-refractivity contribution < 1.29 is 59.5 Å². The summed E-state index contributed by atoms with van der Waals surface area (Å²) >= 11 is 0. The Labute approximate surface area is 171 Å². The summed E-state index contributed by atoms with van der Waals surface area (Å²) in [5, 5.41) is 72.4. The van der Waals surface area contributed by atoms with E-state index in [1.807, 2.05) is 0 Å². The van der Waals surface area contributed by atoms with E-state index < -0.39 is 86.6 Å². The zero-order chi connectivity index (χ0) is 22.1. The van der Waals surface area contributed by atoms with E-state index in [4.69, 9.17) is 18.9 Å². The van der Waals surface area contributed by atoms with Crippen molar-refractivity contribution in [2.24, 2.45) is 0 Å². The third-order valence-electron chi connectivity index (χ3n) is 5.61. The summed E-state index contributed by atoms with van der Waals surface area (Å²) in [5.41, 5.74) is 0. The van der Waals surface area contributed by atoms with Crippen LogP contribution in [0, 0.1) is 0 Å². The average Bonchev–Trinajstić information content (AvgIpc) is 3.36. The smallest absolute Gasteiger partial charge is 0.323 e. The SMILES string of the molecule is O=C(OC[C@@]1(O[C@H]2O[C@H](CO)[C@@H](O)[C@H](O)[C@H]2O)O[C@H](CO)[C@@H](O)[C@@H]1O)[C@@H]1CCCN1. The highest BCUT2D eigenvalue weighted by atomic mass is 16.8. The maximum absolute atomic E-state index is 12.3. The molecule has 0 aliphatic carbocycles. The molecule has 0 spiro atoms. The molecule has 0 aromatic carbocycles. The molecular formula is C17H29NO12. The van der Waals surface area contributed by atoms with Crippen LogP contribution in [-0.2, 0) is 23.7 Å². The van der Waals surface area contributed by atoms with Crippen LogP contribution in [0.1, 0.15) is 12.8 Å². The van der Waals surface area contributed by atoms with Crippen LogP contribution < -0.4 is 5.32 Å². The van der Waals surface area contributed by atoms with Gasteiger partial charge in [-0.15, -0.1) is 0 Å². The summed E-state index contributed by atoms with van der Waals surface area (Å²) in [4.78, 5) is 12.3. The van der Waals surface area contributed by atoms with Gasteiger partial charge in [0.25, 0.3) is 0 Å². The Balaban J connectivity index is 1.78. The number of carbonyl (C=O) groups excluding carboxylic acids is 1. The van der Waals surface area contributed by atoms with E-state index in [1.54, 1.807) is 0 Å². The molecule has 0 aromatic heterocycles. The molecule has 0 saturated carbocycles. The quantitative estimate of drug-likeness (QED) is 0.175. The first-order valence-electron chi connectivity index (χ1n) is 9.77. The molecule has 13 heteroatoms. The van der Waals surface area contributed by atoms with Crippen LogP contribution in [-0.4, -0.2) is 129 Å². The number of aliphatic hydroxyl groups excluding tert-OH is 7. The second-order valence-corrected chi connectivity index (χ2v) is 7.66. The van der Waals surface area contributed by atoms with Gasteiger partial charge in [0.15, 0.2) is 6.29 Å². The van der Waals surface area contributed by atoms with Gasteiger partial charge in [0, 0.05) is 0 Å². The van der Waals surface area contributed by atoms with Crippen molar-refractivity contribution >= 4 is 5.97 Å². The van der Waals surface area contributed by atoms with Gasteiger partial charge in [0.2, 0.25) is 5.79 Å². The molecule has 0 amide bonds. The third-order valence-corrected chi connectivity index (χ3v) is 5.61. The Morgan fingerprint density at radius 1 is 1.00 bits per heavy atom. The van der Waals surface area contributed by atoms with E-state index in [0.29, 0.717) is 13.0 Å². The Hall–Kier alpha value is -0.970. The van der Waals surface area contributed by atoms with Crippen LogP contribution in [0.25, 0.3) is 0 Å². The molecule has 0 bridgehead atoms. The molecule has 174 valence electrons. The van der Waals surface area contributed by atoms with Crippen molar-refractivity contribution in [1.29, 1.82) is 0 Å². The molecule has 3 rings (SSSR count). The maximum Gasteiger partial charge on any atom is 0.323 e. The van der Waals surface area contributed by atoms with Gasteiger partial charge in [-0.2, -0.15) is 0 Å². The van der Waals surface area contributed by atoms with Crippen LogP contribution in [0.4, 0.5) is 0 Å². The fraction of sp³-hybridized carbons (Fsp3) is 0.941. The van der Waals surface area contributed by atoms with E-state index in [1.165, 1.54) is 0 Å². The van der Waals surface area contributed by atoms with Gasteiger partial charge < -0.3 is 60.0 Å². The molecule has 8 N–H and O–H groups in total. The van der Waals surface area contributed by atoms with Gasteiger partial charge in [0.05, 0.1) is 13.2 Å². The minimum atomic E-state index is -2.26. The lowest BCUT2D eigenvalue weighted by atomic mass is 9.99. The number of esters is 1. The number of hydrogen-bond donors (Lipinski definition) is 8. The van der Waals surface area contributed by atoms with Gasteiger partial charge in [-0.3, -0.25) is 4.79 Å². The van der Waals surface area contributed by atoms with Gasteiger partial charge in [-0.1, -0.05) is 0 Å². The van der Waals surface area contributed by atoms with E-state index in [9.17, 15) is 40.5 Å². The summed E-state index contributed by atoms with van der Waals surface area (Å²) in [7, 11) is 0. The molecule has 3 aliphatic rings. The first kappa shape index (κ1) is 23.7. The summed E-state index contributed by atoms with van der Waals surface area (Å²) in [6, 6.07) is -0.564. The standard InChI is InChI=1S/C17H29NO12/c19-4-8-10(21)12(23)13(24)16(28-8)30-17(14(25)11(22)9(5-20)29-17)6-27-15(26)7-2-1-3-18-7/h7-14,16,18-25H,1-6H2/t7-,8+,9+,10+,11+,12-,13+,14-,16+,17-/m0/s1. The monoisotopic (exact) mass is 439 g/mol. The summed E-state index contributed by atoms with van der Waals surface area (Å²) in [5.74, 6) is -2.91. The molecular weight excluding hydrogens is 410 g/mol. The second kappa shape index (κ2) is 9.67. The summed E-state index contributed by atoms with van der Waals surface area (Å²) < 4.78 is 21.4. The second-order valence-electron chi connectivity index (χ2n) is 7.66. The number of ether oxygens (including phenoxy) is 4. The fourth-order valence-electron chi connectivity index (χ4n) is 3.77. The van der Waals surface area contributed by atoms with E-state index in [2.05, 4.69) is 5.32 Å². The lowest BCUT2D eigenvalue weighted by molar-refractivity contribution is -0.383. The predicted molar refractivity (Wildman–Crippen MR) is 93.5 cm³/mol. The minimum Gasteiger partial charge on any atom is -0.459 e. The Bertz CT molecular complexity index is 587. The number of nitrogens with one attached hydrogen (secondary N) is 1. The van der Waals surface area contributed by atoms with Gasteiger partial charge in [-0.05, 0) is 19.4 Å². The summed E-state index contributed by atoms with van der Waals surface area (Å²) in [6.45, 7) is -1.51. The van der Waals surface area contributed by atoms with Crippen molar-refractivity contribution in [3.8, 4) is 0 Å². The predicted octanol–water partition coefficient (Wildman–Crippen LogP) is -5.09. The first-order chi connectivity index (χ1) is 14.2. The Morgan fingerprint density at radius 2 is 1.70 bits per heavy atom. The van der Waals surface area contributed by atoms with Crippen LogP contribution in [0.3, 0.4) is 0 Å². The van der Waals surface area contributed by atoms with Crippen LogP contribution in [0.15, 0.2) is 0 Å². The van der Waals surface area contributed by atoms with Gasteiger partial charge in [0.1, 0.15) is 55.4 Å². The van der Waals surface area contributed by atoms with Crippen molar-refractivity contribution in [3.05, 3.63) is 0 Å². The number of rotatable bonds is 7. The fourth-order valence-corrected chi connectivity index (χ4v) is 3.77. The van der Waals surface area contributed by atoms with E-state index in [0.717, 1.165) is 6.42 Å². The van der Waals surface area contributed by atoms with Crippen LogP contribution >= 0.6 is 0 Å². The molecule has 10 atom stereocenters. The van der Waals surface area contributed by atoms with Gasteiger partial charge in [-0.25, -0.2) is 0 Å². The topological polar surface area (TPSA) is 208 Å². The highest BCUT2D eigenvalue weighted by Crippen LogP contribution is 2.36. The zero-order valence-electron chi connectivity index (χ0n) is 16.1. The minimum absolute atomic E-state index is 0.546. The van der Waals surface area contributed by atoms with Crippen molar-refractivity contribution in [2.45, 2.75) is 73.7 Å². The number of carbonyl (C=O) groups is 1. The Kier molecular flexibility index (Phi) is 7.63. The normalized spacial score (nSPS) is 46.8. The summed E-state index contributed by atoms with van der Waals surface area (Å²) in [6.07, 6.45) is -11.7. The zero-order valence-corrected chi connectivity index (χ0v) is 16.1. The first-order valence-corrected chi connectivity index (χ1v) is 9.77. The molecule has 30 heavy (non-hydrogen) atoms.